The van der Waals surface area contributed by atoms with Gasteiger partial charge in [0, 0.05) is 31.4 Å². The molecule has 1 heterocycles. The molecule has 1 amide bonds. The zero-order chi connectivity index (χ0) is 18.7. The number of nitrogens with two attached hydrogens (primary N) is 1. The van der Waals surface area contributed by atoms with Gasteiger partial charge in [0.1, 0.15) is 11.6 Å². The quantitative estimate of drug-likeness (QED) is 0.812. The first-order valence-electron chi connectivity index (χ1n) is 8.80. The van der Waals surface area contributed by atoms with Crippen molar-refractivity contribution in [3.8, 4) is 0 Å². The van der Waals surface area contributed by atoms with Gasteiger partial charge in [0.25, 0.3) is 0 Å². The molecule has 27 heavy (non-hydrogen) atoms. The van der Waals surface area contributed by atoms with Crippen molar-refractivity contribution >= 4 is 30.1 Å². The number of carbonyl (C=O) groups is 1. The third-order valence-electron chi connectivity index (χ3n) is 4.93. The van der Waals surface area contributed by atoms with Gasteiger partial charge in [-0.1, -0.05) is 25.3 Å². The van der Waals surface area contributed by atoms with E-state index < -0.39 is 17.3 Å². The van der Waals surface area contributed by atoms with Crippen molar-refractivity contribution in [2.24, 2.45) is 5.73 Å². The molecule has 1 aromatic carbocycles. The SMILES string of the molecule is CN(C)c1ccnc(NC2(c3ccc(C(N)=O)cc3F)CCCCC2)n1.Cl. The van der Waals surface area contributed by atoms with Gasteiger partial charge in [-0.05, 0) is 31.0 Å². The smallest absolute Gasteiger partial charge is 0.248 e. The second kappa shape index (κ2) is 8.52. The normalized spacial score (nSPS) is 15.5. The summed E-state index contributed by atoms with van der Waals surface area (Å²) in [4.78, 5) is 22.1. The molecular weight excluding hydrogens is 369 g/mol. The molecule has 0 bridgehead atoms. The minimum Gasteiger partial charge on any atom is -0.366 e. The number of nitrogens with one attached hydrogen (secondary N) is 1. The van der Waals surface area contributed by atoms with Gasteiger partial charge < -0.3 is 16.0 Å². The largest absolute Gasteiger partial charge is 0.366 e. The van der Waals surface area contributed by atoms with Crippen molar-refractivity contribution in [2.45, 2.75) is 37.6 Å². The summed E-state index contributed by atoms with van der Waals surface area (Å²) in [5.41, 5.74) is 5.37. The zero-order valence-corrected chi connectivity index (χ0v) is 16.4. The van der Waals surface area contributed by atoms with E-state index in [1.54, 1.807) is 18.3 Å². The average Bonchev–Trinajstić information content (AvgIpc) is 2.62. The molecule has 1 fully saturated rings. The number of primary amides is 1. The molecule has 0 atom stereocenters. The molecule has 1 aliphatic carbocycles. The fourth-order valence-electron chi connectivity index (χ4n) is 3.55. The summed E-state index contributed by atoms with van der Waals surface area (Å²) in [5, 5.41) is 3.39. The first kappa shape index (κ1) is 20.9. The molecule has 8 heteroatoms. The molecule has 6 nitrogen and oxygen atoms in total. The van der Waals surface area contributed by atoms with Crippen LogP contribution in [0.3, 0.4) is 0 Å². The summed E-state index contributed by atoms with van der Waals surface area (Å²) in [6, 6.07) is 6.27. The van der Waals surface area contributed by atoms with E-state index in [0.29, 0.717) is 11.5 Å². The number of halogens is 2. The van der Waals surface area contributed by atoms with Crippen LogP contribution >= 0.6 is 12.4 Å². The lowest BCUT2D eigenvalue weighted by atomic mass is 9.76. The molecule has 0 unspecified atom stereocenters. The van der Waals surface area contributed by atoms with E-state index in [4.69, 9.17) is 5.73 Å². The first-order valence-corrected chi connectivity index (χ1v) is 8.80. The van der Waals surface area contributed by atoms with Gasteiger partial charge in [-0.3, -0.25) is 4.79 Å². The maximum atomic E-state index is 14.9. The summed E-state index contributed by atoms with van der Waals surface area (Å²) in [5.74, 6) is 0.178. The summed E-state index contributed by atoms with van der Waals surface area (Å²) < 4.78 is 14.9. The maximum absolute atomic E-state index is 14.9. The van der Waals surface area contributed by atoms with Crippen LogP contribution in [0.5, 0.6) is 0 Å². The Morgan fingerprint density at radius 1 is 1.22 bits per heavy atom. The van der Waals surface area contributed by atoms with Gasteiger partial charge >= 0.3 is 0 Å². The van der Waals surface area contributed by atoms with E-state index in [0.717, 1.165) is 37.9 Å². The number of anilines is 2. The molecule has 146 valence electrons. The van der Waals surface area contributed by atoms with Crippen LogP contribution in [0.2, 0.25) is 0 Å². The molecule has 2 aromatic rings. The van der Waals surface area contributed by atoms with Gasteiger partial charge in [-0.25, -0.2) is 9.37 Å². The van der Waals surface area contributed by atoms with E-state index in [1.165, 1.54) is 6.07 Å². The van der Waals surface area contributed by atoms with E-state index in [-0.39, 0.29) is 18.0 Å². The highest BCUT2D eigenvalue weighted by atomic mass is 35.5. The molecule has 0 spiro atoms. The maximum Gasteiger partial charge on any atom is 0.248 e. The Morgan fingerprint density at radius 3 is 2.52 bits per heavy atom. The number of carbonyl (C=O) groups excluding carboxylic acids is 1. The van der Waals surface area contributed by atoms with Crippen LogP contribution in [0.4, 0.5) is 16.2 Å². The number of rotatable bonds is 5. The van der Waals surface area contributed by atoms with Gasteiger partial charge in [0.2, 0.25) is 11.9 Å². The van der Waals surface area contributed by atoms with Crippen molar-refractivity contribution in [1.82, 2.24) is 9.97 Å². The molecule has 1 aromatic heterocycles. The van der Waals surface area contributed by atoms with E-state index in [1.807, 2.05) is 25.1 Å². The predicted molar refractivity (Wildman–Crippen MR) is 107 cm³/mol. The van der Waals surface area contributed by atoms with Crippen LogP contribution < -0.4 is 16.0 Å². The second-order valence-corrected chi connectivity index (χ2v) is 6.96. The van der Waals surface area contributed by atoms with E-state index in [9.17, 15) is 9.18 Å². The molecule has 1 saturated carbocycles. The minimum atomic E-state index is -0.636. The Labute approximate surface area is 164 Å². The van der Waals surface area contributed by atoms with Crippen molar-refractivity contribution in [2.75, 3.05) is 24.3 Å². The standard InChI is InChI=1S/C19H24FN5O.ClH/c1-25(2)16-8-11-22-18(23-16)24-19(9-4-3-5-10-19)14-7-6-13(17(21)26)12-15(14)20;/h6-8,11-12H,3-5,9-10H2,1-2H3,(H2,21,26)(H,22,23,24);1H. The lowest BCUT2D eigenvalue weighted by molar-refractivity contribution is 0.0999. The van der Waals surface area contributed by atoms with Crippen LogP contribution in [0.1, 0.15) is 48.0 Å². The molecule has 1 aliphatic rings. The second-order valence-electron chi connectivity index (χ2n) is 6.96. The Morgan fingerprint density at radius 2 is 1.93 bits per heavy atom. The lowest BCUT2D eigenvalue weighted by Gasteiger charge is -2.39. The Bertz CT molecular complexity index is 808. The van der Waals surface area contributed by atoms with Crippen LogP contribution in [0, 0.1) is 5.82 Å². The molecule has 3 rings (SSSR count). The first-order chi connectivity index (χ1) is 12.4. The van der Waals surface area contributed by atoms with Crippen molar-refractivity contribution in [1.29, 1.82) is 0 Å². The summed E-state index contributed by atoms with van der Waals surface area (Å²) >= 11 is 0. The summed E-state index contributed by atoms with van der Waals surface area (Å²) in [6.07, 6.45) is 6.32. The highest BCUT2D eigenvalue weighted by Crippen LogP contribution is 2.40. The Hall–Kier alpha value is -2.41. The van der Waals surface area contributed by atoms with Crippen LogP contribution in [0.25, 0.3) is 0 Å². The van der Waals surface area contributed by atoms with Crippen molar-refractivity contribution < 1.29 is 9.18 Å². The monoisotopic (exact) mass is 393 g/mol. The fourth-order valence-corrected chi connectivity index (χ4v) is 3.55. The third-order valence-corrected chi connectivity index (χ3v) is 4.93. The molecule has 0 aliphatic heterocycles. The summed E-state index contributed by atoms with van der Waals surface area (Å²) in [6.45, 7) is 0. The minimum absolute atomic E-state index is 0. The number of aromatic nitrogens is 2. The van der Waals surface area contributed by atoms with Gasteiger partial charge in [-0.2, -0.15) is 4.98 Å². The fraction of sp³-hybridized carbons (Fsp3) is 0.421. The van der Waals surface area contributed by atoms with Gasteiger partial charge in [-0.15, -0.1) is 12.4 Å². The topological polar surface area (TPSA) is 84.1 Å². The predicted octanol–water partition coefficient (Wildman–Crippen LogP) is 3.47. The van der Waals surface area contributed by atoms with Crippen LogP contribution in [-0.2, 0) is 5.54 Å². The Balaban J connectivity index is 0.00000261. The molecular formula is C19H25ClFN5O. The molecule has 0 radical (unpaired) electrons. The number of benzene rings is 1. The third kappa shape index (κ3) is 4.47. The van der Waals surface area contributed by atoms with Crippen molar-refractivity contribution in [3.63, 3.8) is 0 Å². The van der Waals surface area contributed by atoms with Gasteiger partial charge in [0.15, 0.2) is 0 Å². The number of amides is 1. The number of hydrogen-bond acceptors (Lipinski definition) is 5. The Kier molecular flexibility index (Phi) is 6.59. The van der Waals surface area contributed by atoms with E-state index in [2.05, 4.69) is 15.3 Å². The summed E-state index contributed by atoms with van der Waals surface area (Å²) in [7, 11) is 3.81. The highest BCUT2D eigenvalue weighted by molar-refractivity contribution is 5.92. The number of nitrogens with zero attached hydrogens (tertiary/aromatic N) is 3. The highest BCUT2D eigenvalue weighted by Gasteiger charge is 2.37. The van der Waals surface area contributed by atoms with E-state index >= 15 is 0 Å². The van der Waals surface area contributed by atoms with Gasteiger partial charge in [0.05, 0.1) is 5.54 Å². The zero-order valence-electron chi connectivity index (χ0n) is 15.5. The van der Waals surface area contributed by atoms with Crippen LogP contribution in [0.15, 0.2) is 30.5 Å². The molecule has 0 saturated heterocycles. The lowest BCUT2D eigenvalue weighted by Crippen LogP contribution is -2.39. The number of hydrogen-bond donors (Lipinski definition) is 2. The average molecular weight is 394 g/mol. The van der Waals surface area contributed by atoms with Crippen molar-refractivity contribution in [3.05, 3.63) is 47.4 Å². The molecule has 3 N–H and O–H groups in total. The van der Waals surface area contributed by atoms with Crippen LogP contribution in [-0.4, -0.2) is 30.0 Å².